The Morgan fingerprint density at radius 1 is 1.56 bits per heavy atom. The van der Waals surface area contributed by atoms with Gasteiger partial charge in [-0.25, -0.2) is 9.97 Å². The molecule has 0 aliphatic carbocycles. The molecule has 16 heavy (non-hydrogen) atoms. The first-order chi connectivity index (χ1) is 7.79. The van der Waals surface area contributed by atoms with Gasteiger partial charge in [0.2, 0.25) is 5.91 Å². The number of hydrogen-bond donors (Lipinski definition) is 1. The van der Waals surface area contributed by atoms with Crippen LogP contribution in [0.1, 0.15) is 12.1 Å². The molecule has 1 atom stereocenters. The van der Waals surface area contributed by atoms with Crippen LogP contribution in [0.2, 0.25) is 0 Å². The third-order valence-electron chi connectivity index (χ3n) is 2.91. The normalized spacial score (nSPS) is 20.4. The maximum Gasteiger partial charge on any atom is 0.222 e. The zero-order chi connectivity index (χ0) is 11.4. The first kappa shape index (κ1) is 11.0. The molecule has 0 aromatic carbocycles. The summed E-state index contributed by atoms with van der Waals surface area (Å²) in [6.45, 7) is 2.11. The molecule has 5 nitrogen and oxygen atoms in total. The first-order valence-corrected chi connectivity index (χ1v) is 5.52. The minimum absolute atomic E-state index is 0.213. The molecule has 0 saturated carbocycles. The van der Waals surface area contributed by atoms with E-state index in [-0.39, 0.29) is 5.91 Å². The molecule has 2 heterocycles. The second kappa shape index (κ2) is 5.03. The van der Waals surface area contributed by atoms with Crippen molar-refractivity contribution in [1.29, 1.82) is 0 Å². The SMILES string of the molecule is NCC1CC(=O)N(CCc2ccncn2)C1. The molecule has 0 bridgehead atoms. The van der Waals surface area contributed by atoms with E-state index in [1.54, 1.807) is 6.20 Å². The van der Waals surface area contributed by atoms with Gasteiger partial charge in [0.25, 0.3) is 0 Å². The molecule has 2 rings (SSSR count). The van der Waals surface area contributed by atoms with E-state index in [2.05, 4.69) is 9.97 Å². The van der Waals surface area contributed by atoms with Crippen LogP contribution < -0.4 is 5.73 Å². The fourth-order valence-corrected chi connectivity index (χ4v) is 1.94. The van der Waals surface area contributed by atoms with E-state index < -0.39 is 0 Å². The smallest absolute Gasteiger partial charge is 0.222 e. The number of hydrogen-bond acceptors (Lipinski definition) is 4. The third kappa shape index (κ3) is 2.55. The summed E-state index contributed by atoms with van der Waals surface area (Å²) in [4.78, 5) is 21.5. The number of amides is 1. The van der Waals surface area contributed by atoms with Crippen molar-refractivity contribution in [1.82, 2.24) is 14.9 Å². The summed E-state index contributed by atoms with van der Waals surface area (Å²) in [5.41, 5.74) is 6.54. The van der Waals surface area contributed by atoms with Gasteiger partial charge in [0.1, 0.15) is 6.33 Å². The Balaban J connectivity index is 1.85. The van der Waals surface area contributed by atoms with Gasteiger partial charge in [-0.3, -0.25) is 4.79 Å². The number of aromatic nitrogens is 2. The van der Waals surface area contributed by atoms with Crippen LogP contribution in [0.25, 0.3) is 0 Å². The molecule has 5 heteroatoms. The fraction of sp³-hybridized carbons (Fsp3) is 0.545. The van der Waals surface area contributed by atoms with Crippen LogP contribution in [0.5, 0.6) is 0 Å². The lowest BCUT2D eigenvalue weighted by molar-refractivity contribution is -0.127. The summed E-state index contributed by atoms with van der Waals surface area (Å²) in [7, 11) is 0. The average Bonchev–Trinajstić information content (AvgIpc) is 2.69. The molecule has 86 valence electrons. The summed E-state index contributed by atoms with van der Waals surface area (Å²) in [6, 6.07) is 1.88. The summed E-state index contributed by atoms with van der Waals surface area (Å²) >= 11 is 0. The highest BCUT2D eigenvalue weighted by Gasteiger charge is 2.27. The number of nitrogens with two attached hydrogens (primary N) is 1. The predicted octanol–water partition coefficient (Wildman–Crippen LogP) is -0.174. The lowest BCUT2D eigenvalue weighted by Gasteiger charge is -2.15. The van der Waals surface area contributed by atoms with Crippen LogP contribution in [0.3, 0.4) is 0 Å². The maximum atomic E-state index is 11.6. The van der Waals surface area contributed by atoms with Crippen molar-refractivity contribution in [3.8, 4) is 0 Å². The van der Waals surface area contributed by atoms with Crippen LogP contribution in [-0.2, 0) is 11.2 Å². The van der Waals surface area contributed by atoms with Crippen LogP contribution >= 0.6 is 0 Å². The zero-order valence-corrected chi connectivity index (χ0v) is 9.17. The minimum Gasteiger partial charge on any atom is -0.342 e. The molecule has 1 unspecified atom stereocenters. The van der Waals surface area contributed by atoms with Gasteiger partial charge in [0, 0.05) is 37.8 Å². The molecular weight excluding hydrogens is 204 g/mol. The Labute approximate surface area is 94.7 Å². The number of rotatable bonds is 4. The molecule has 1 aromatic heterocycles. The number of carbonyl (C=O) groups is 1. The highest BCUT2D eigenvalue weighted by Crippen LogP contribution is 2.16. The van der Waals surface area contributed by atoms with Crippen LogP contribution in [0.4, 0.5) is 0 Å². The Morgan fingerprint density at radius 2 is 2.44 bits per heavy atom. The van der Waals surface area contributed by atoms with E-state index in [0.29, 0.717) is 18.9 Å². The Bertz CT molecular complexity index is 354. The highest BCUT2D eigenvalue weighted by atomic mass is 16.2. The third-order valence-corrected chi connectivity index (χ3v) is 2.91. The van der Waals surface area contributed by atoms with Crippen molar-refractivity contribution < 1.29 is 4.79 Å². The van der Waals surface area contributed by atoms with Crippen molar-refractivity contribution in [3.63, 3.8) is 0 Å². The second-order valence-corrected chi connectivity index (χ2v) is 4.10. The van der Waals surface area contributed by atoms with E-state index in [9.17, 15) is 4.79 Å². The van der Waals surface area contributed by atoms with Gasteiger partial charge in [0.15, 0.2) is 0 Å². The zero-order valence-electron chi connectivity index (χ0n) is 9.17. The Hall–Kier alpha value is -1.49. The molecule has 1 fully saturated rings. The molecule has 2 N–H and O–H groups in total. The largest absolute Gasteiger partial charge is 0.342 e. The molecule has 0 spiro atoms. The molecule has 1 aliphatic rings. The molecule has 1 saturated heterocycles. The first-order valence-electron chi connectivity index (χ1n) is 5.52. The standard InChI is InChI=1S/C11H16N4O/c12-6-9-5-11(16)15(7-9)4-2-10-1-3-13-8-14-10/h1,3,8-9H,2,4-7,12H2. The number of carbonyl (C=O) groups excluding carboxylic acids is 1. The van der Waals surface area contributed by atoms with Crippen molar-refractivity contribution in [2.75, 3.05) is 19.6 Å². The van der Waals surface area contributed by atoms with Gasteiger partial charge < -0.3 is 10.6 Å². The van der Waals surface area contributed by atoms with Crippen molar-refractivity contribution in [3.05, 3.63) is 24.3 Å². The van der Waals surface area contributed by atoms with Crippen molar-refractivity contribution in [2.24, 2.45) is 11.7 Å². The molecule has 1 amide bonds. The maximum absolute atomic E-state index is 11.6. The number of likely N-dealkylation sites (tertiary alicyclic amines) is 1. The van der Waals surface area contributed by atoms with E-state index in [0.717, 1.165) is 25.2 Å². The van der Waals surface area contributed by atoms with Crippen molar-refractivity contribution >= 4 is 5.91 Å². The van der Waals surface area contributed by atoms with E-state index in [1.165, 1.54) is 6.33 Å². The van der Waals surface area contributed by atoms with Crippen molar-refractivity contribution in [2.45, 2.75) is 12.8 Å². The number of nitrogens with zero attached hydrogens (tertiary/aromatic N) is 3. The van der Waals surface area contributed by atoms with Gasteiger partial charge in [-0.2, -0.15) is 0 Å². The molecular formula is C11H16N4O. The van der Waals surface area contributed by atoms with E-state index in [4.69, 9.17) is 5.73 Å². The van der Waals surface area contributed by atoms with Gasteiger partial charge in [0.05, 0.1) is 0 Å². The van der Waals surface area contributed by atoms with Gasteiger partial charge in [-0.1, -0.05) is 0 Å². The van der Waals surface area contributed by atoms with Crippen LogP contribution in [0, 0.1) is 5.92 Å². The van der Waals surface area contributed by atoms with Crippen LogP contribution in [-0.4, -0.2) is 40.4 Å². The Kier molecular flexibility index (Phi) is 3.46. The minimum atomic E-state index is 0.213. The van der Waals surface area contributed by atoms with Gasteiger partial charge in [-0.15, -0.1) is 0 Å². The quantitative estimate of drug-likeness (QED) is 0.764. The lowest BCUT2D eigenvalue weighted by Crippen LogP contribution is -2.28. The fourth-order valence-electron chi connectivity index (χ4n) is 1.94. The summed E-state index contributed by atoms with van der Waals surface area (Å²) in [5, 5.41) is 0. The van der Waals surface area contributed by atoms with E-state index >= 15 is 0 Å². The van der Waals surface area contributed by atoms with Crippen LogP contribution in [0.15, 0.2) is 18.6 Å². The summed E-state index contributed by atoms with van der Waals surface area (Å²) < 4.78 is 0. The topological polar surface area (TPSA) is 72.1 Å². The predicted molar refractivity (Wildman–Crippen MR) is 59.5 cm³/mol. The molecule has 0 radical (unpaired) electrons. The summed E-state index contributed by atoms with van der Waals surface area (Å²) in [6.07, 6.45) is 4.63. The average molecular weight is 220 g/mol. The molecule has 1 aromatic rings. The summed E-state index contributed by atoms with van der Waals surface area (Å²) in [5.74, 6) is 0.544. The van der Waals surface area contributed by atoms with Gasteiger partial charge in [-0.05, 0) is 18.5 Å². The second-order valence-electron chi connectivity index (χ2n) is 4.10. The Morgan fingerprint density at radius 3 is 3.06 bits per heavy atom. The lowest BCUT2D eigenvalue weighted by atomic mass is 10.1. The van der Waals surface area contributed by atoms with E-state index in [1.807, 2.05) is 11.0 Å². The highest BCUT2D eigenvalue weighted by molar-refractivity contribution is 5.78. The monoisotopic (exact) mass is 220 g/mol. The van der Waals surface area contributed by atoms with Gasteiger partial charge >= 0.3 is 0 Å². The molecule has 1 aliphatic heterocycles.